The highest BCUT2D eigenvalue weighted by molar-refractivity contribution is 5.49. The molecule has 0 bridgehead atoms. The van der Waals surface area contributed by atoms with Crippen LogP contribution in [0.2, 0.25) is 0 Å². The summed E-state index contributed by atoms with van der Waals surface area (Å²) < 4.78 is 5.95. The summed E-state index contributed by atoms with van der Waals surface area (Å²) in [5.74, 6) is 1.01. The maximum Gasteiger partial charge on any atom is 0.123 e. The molecular weight excluding hydrogens is 248 g/mol. The van der Waals surface area contributed by atoms with Crippen molar-refractivity contribution >= 4 is 5.69 Å². The molecule has 0 saturated carbocycles. The highest BCUT2D eigenvalue weighted by Crippen LogP contribution is 2.29. The van der Waals surface area contributed by atoms with Crippen LogP contribution in [0.15, 0.2) is 48.5 Å². The summed E-state index contributed by atoms with van der Waals surface area (Å²) in [4.78, 5) is 2.16. The predicted octanol–water partition coefficient (Wildman–Crippen LogP) is 3.00. The fraction of sp³-hybridized carbons (Fsp3) is 0.235. The maximum absolute atomic E-state index is 8.81. The molecular formula is C17H16N2O. The van der Waals surface area contributed by atoms with Gasteiger partial charge in [0, 0.05) is 19.2 Å². The first-order valence-electron chi connectivity index (χ1n) is 6.72. The van der Waals surface area contributed by atoms with Gasteiger partial charge >= 0.3 is 0 Å². The van der Waals surface area contributed by atoms with Crippen molar-refractivity contribution in [3.63, 3.8) is 0 Å². The average Bonchev–Trinajstić information content (AvgIpc) is 2.89. The van der Waals surface area contributed by atoms with Crippen LogP contribution in [-0.4, -0.2) is 19.7 Å². The molecule has 1 aliphatic heterocycles. The Morgan fingerprint density at radius 3 is 2.65 bits per heavy atom. The third-order valence-electron chi connectivity index (χ3n) is 3.63. The Hall–Kier alpha value is -2.47. The highest BCUT2D eigenvalue weighted by Gasteiger charge is 2.23. The van der Waals surface area contributed by atoms with Crippen molar-refractivity contribution < 1.29 is 4.74 Å². The number of rotatable bonds is 3. The molecule has 3 rings (SSSR count). The molecule has 1 heterocycles. The van der Waals surface area contributed by atoms with E-state index >= 15 is 0 Å². The van der Waals surface area contributed by atoms with Gasteiger partial charge in [0.2, 0.25) is 0 Å². The highest BCUT2D eigenvalue weighted by atomic mass is 16.5. The molecule has 2 aromatic carbocycles. The first-order valence-corrected chi connectivity index (χ1v) is 6.72. The van der Waals surface area contributed by atoms with E-state index in [9.17, 15) is 0 Å². The Balaban J connectivity index is 1.65. The summed E-state index contributed by atoms with van der Waals surface area (Å²) in [6.07, 6.45) is 1.14. The molecule has 1 atom stereocenters. The number of fused-ring (bicyclic) bond motifs is 1. The lowest BCUT2D eigenvalue weighted by molar-refractivity contribution is 0.239. The van der Waals surface area contributed by atoms with Crippen LogP contribution < -0.4 is 9.64 Å². The number of anilines is 1. The first-order chi connectivity index (χ1) is 9.76. The summed E-state index contributed by atoms with van der Waals surface area (Å²) in [5, 5.41) is 8.81. The van der Waals surface area contributed by atoms with Crippen molar-refractivity contribution in [2.24, 2.45) is 0 Å². The smallest absolute Gasteiger partial charge is 0.123 e. The zero-order valence-corrected chi connectivity index (χ0v) is 11.4. The van der Waals surface area contributed by atoms with Crippen LogP contribution in [-0.2, 0) is 6.42 Å². The lowest BCUT2D eigenvalue weighted by Gasteiger charge is -2.23. The van der Waals surface area contributed by atoms with E-state index in [1.54, 1.807) is 0 Å². The molecule has 0 fully saturated rings. The number of nitrogens with zero attached hydrogens (tertiary/aromatic N) is 2. The van der Waals surface area contributed by atoms with Gasteiger partial charge < -0.3 is 9.64 Å². The molecule has 1 aliphatic rings. The number of nitriles is 1. The fourth-order valence-corrected chi connectivity index (χ4v) is 2.56. The molecule has 1 unspecified atom stereocenters. The third kappa shape index (κ3) is 2.46. The maximum atomic E-state index is 8.81. The quantitative estimate of drug-likeness (QED) is 0.855. The normalized spacial score (nSPS) is 16.1. The monoisotopic (exact) mass is 264 g/mol. The molecule has 0 amide bonds. The van der Waals surface area contributed by atoms with Gasteiger partial charge in [0.25, 0.3) is 0 Å². The molecule has 100 valence electrons. The van der Waals surface area contributed by atoms with Gasteiger partial charge in [0.05, 0.1) is 18.2 Å². The summed E-state index contributed by atoms with van der Waals surface area (Å²) >= 11 is 0. The second kappa shape index (κ2) is 5.26. The summed E-state index contributed by atoms with van der Waals surface area (Å²) in [7, 11) is 2.05. The molecule has 0 aliphatic carbocycles. The van der Waals surface area contributed by atoms with Crippen molar-refractivity contribution in [1.29, 1.82) is 5.26 Å². The van der Waals surface area contributed by atoms with Gasteiger partial charge in [-0.15, -0.1) is 0 Å². The number of hydrogen-bond acceptors (Lipinski definition) is 3. The van der Waals surface area contributed by atoms with E-state index in [2.05, 4.69) is 23.1 Å². The number of hydrogen-bond donors (Lipinski definition) is 0. The Labute approximate surface area is 119 Å². The van der Waals surface area contributed by atoms with E-state index in [0.717, 1.165) is 24.4 Å². The number of likely N-dealkylation sites (N-methyl/N-ethyl adjacent to an activating group) is 1. The van der Waals surface area contributed by atoms with Crippen LogP contribution >= 0.6 is 0 Å². The van der Waals surface area contributed by atoms with E-state index in [1.807, 2.05) is 43.4 Å². The van der Waals surface area contributed by atoms with Gasteiger partial charge in [-0.1, -0.05) is 18.2 Å². The molecule has 3 heteroatoms. The van der Waals surface area contributed by atoms with Crippen molar-refractivity contribution in [2.75, 3.05) is 18.5 Å². The standard InChI is InChI=1S/C17H16N2O/c1-19(15-8-6-13(11-18)7-9-15)12-16-10-14-4-2-3-5-17(14)20-16/h2-9,16H,10,12H2,1H3. The molecule has 2 aromatic rings. The van der Waals surface area contributed by atoms with Crippen molar-refractivity contribution in [2.45, 2.75) is 12.5 Å². The lowest BCUT2D eigenvalue weighted by Crippen LogP contribution is -2.31. The number of ether oxygens (including phenoxy) is 1. The number of benzene rings is 2. The largest absolute Gasteiger partial charge is 0.488 e. The summed E-state index contributed by atoms with van der Waals surface area (Å²) in [6.45, 7) is 0.834. The van der Waals surface area contributed by atoms with Gasteiger partial charge in [-0.2, -0.15) is 5.26 Å². The minimum atomic E-state index is 0.188. The predicted molar refractivity (Wildman–Crippen MR) is 79.0 cm³/mol. The fourth-order valence-electron chi connectivity index (χ4n) is 2.56. The van der Waals surface area contributed by atoms with Crippen LogP contribution in [0.5, 0.6) is 5.75 Å². The third-order valence-corrected chi connectivity index (χ3v) is 3.63. The van der Waals surface area contributed by atoms with Gasteiger partial charge in [-0.3, -0.25) is 0 Å². The SMILES string of the molecule is CN(CC1Cc2ccccc2O1)c1ccc(C#N)cc1. The topological polar surface area (TPSA) is 36.3 Å². The van der Waals surface area contributed by atoms with Crippen LogP contribution in [0, 0.1) is 11.3 Å². The Morgan fingerprint density at radius 1 is 1.20 bits per heavy atom. The molecule has 0 aromatic heterocycles. The number of para-hydroxylation sites is 1. The van der Waals surface area contributed by atoms with Gasteiger partial charge in [0.1, 0.15) is 11.9 Å². The molecule has 3 nitrogen and oxygen atoms in total. The molecule has 0 N–H and O–H groups in total. The minimum Gasteiger partial charge on any atom is -0.488 e. The Kier molecular flexibility index (Phi) is 3.30. The van der Waals surface area contributed by atoms with Crippen LogP contribution in [0.4, 0.5) is 5.69 Å². The molecule has 0 radical (unpaired) electrons. The molecule has 0 saturated heterocycles. The van der Waals surface area contributed by atoms with Gasteiger partial charge in [-0.05, 0) is 35.9 Å². The van der Waals surface area contributed by atoms with Gasteiger partial charge in [-0.25, -0.2) is 0 Å². The van der Waals surface area contributed by atoms with Gasteiger partial charge in [0.15, 0.2) is 0 Å². The second-order valence-electron chi connectivity index (χ2n) is 5.09. The van der Waals surface area contributed by atoms with E-state index in [-0.39, 0.29) is 6.10 Å². The average molecular weight is 264 g/mol. The van der Waals surface area contributed by atoms with E-state index < -0.39 is 0 Å². The summed E-state index contributed by atoms with van der Waals surface area (Å²) in [5.41, 5.74) is 3.07. The van der Waals surface area contributed by atoms with Crippen molar-refractivity contribution in [1.82, 2.24) is 0 Å². The van der Waals surface area contributed by atoms with Crippen LogP contribution in [0.25, 0.3) is 0 Å². The minimum absolute atomic E-state index is 0.188. The van der Waals surface area contributed by atoms with E-state index in [0.29, 0.717) is 5.56 Å². The summed E-state index contributed by atoms with van der Waals surface area (Å²) in [6, 6.07) is 18.0. The van der Waals surface area contributed by atoms with E-state index in [4.69, 9.17) is 10.00 Å². The van der Waals surface area contributed by atoms with Crippen molar-refractivity contribution in [3.05, 3.63) is 59.7 Å². The zero-order valence-electron chi connectivity index (χ0n) is 11.4. The Morgan fingerprint density at radius 2 is 1.95 bits per heavy atom. The second-order valence-corrected chi connectivity index (χ2v) is 5.09. The molecule has 20 heavy (non-hydrogen) atoms. The lowest BCUT2D eigenvalue weighted by atomic mass is 10.1. The van der Waals surface area contributed by atoms with Crippen LogP contribution in [0.1, 0.15) is 11.1 Å². The zero-order chi connectivity index (χ0) is 13.9. The first kappa shape index (κ1) is 12.6. The van der Waals surface area contributed by atoms with Crippen molar-refractivity contribution in [3.8, 4) is 11.8 Å². The molecule has 0 spiro atoms. The van der Waals surface area contributed by atoms with E-state index in [1.165, 1.54) is 5.56 Å². The van der Waals surface area contributed by atoms with Crippen LogP contribution in [0.3, 0.4) is 0 Å². The Bertz CT molecular complexity index is 618.